The topological polar surface area (TPSA) is 0 Å². The van der Waals surface area contributed by atoms with Crippen molar-refractivity contribution in [3.8, 4) is 0 Å². The van der Waals surface area contributed by atoms with Crippen molar-refractivity contribution in [2.75, 3.05) is 0 Å². The van der Waals surface area contributed by atoms with Crippen LogP contribution in [0.2, 0.25) is 0 Å². The third-order valence-electron chi connectivity index (χ3n) is 0.836. The van der Waals surface area contributed by atoms with E-state index >= 15 is 0 Å². The van der Waals surface area contributed by atoms with Gasteiger partial charge in [0.25, 0.3) is 0 Å². The van der Waals surface area contributed by atoms with Crippen LogP contribution in [-0.2, 0) is 0 Å². The SMILES string of the molecule is FC(F)(F)C(F)([Te]I)C(F)(F)F. The Morgan fingerprint density at radius 3 is 1.00 bits per heavy atom. The maximum atomic E-state index is 12.3. The molecule has 0 fully saturated rings. The summed E-state index contributed by atoms with van der Waals surface area (Å²) >= 11 is -2.01. The van der Waals surface area contributed by atoms with Gasteiger partial charge >= 0.3 is 82.5 Å². The number of alkyl halides is 7. The van der Waals surface area contributed by atoms with Crippen LogP contribution in [0.1, 0.15) is 0 Å². The van der Waals surface area contributed by atoms with E-state index in [-0.39, 0.29) is 0 Å². The first-order valence-electron chi connectivity index (χ1n) is 2.18. The van der Waals surface area contributed by atoms with Gasteiger partial charge in [-0.2, -0.15) is 0 Å². The zero-order chi connectivity index (χ0) is 10.2. The maximum absolute atomic E-state index is 12.3. The molecular weight excluding hydrogens is 424 g/mol. The number of hydrogen-bond donors (Lipinski definition) is 0. The van der Waals surface area contributed by atoms with Gasteiger partial charge in [-0.1, -0.05) is 0 Å². The number of rotatable bonds is 1. The van der Waals surface area contributed by atoms with Crippen molar-refractivity contribution in [2.24, 2.45) is 0 Å². The number of hydrogen-bond acceptors (Lipinski definition) is 0. The normalized spacial score (nSPS) is 15.0. The van der Waals surface area contributed by atoms with Gasteiger partial charge in [-0.25, -0.2) is 0 Å². The molecule has 0 nitrogen and oxygen atoms in total. The van der Waals surface area contributed by atoms with Crippen LogP contribution in [0.3, 0.4) is 0 Å². The standard InChI is InChI=1S/C3F7ITe/c4-1(12-11,2(5,6)7)3(8,9)10. The van der Waals surface area contributed by atoms with Gasteiger partial charge in [0.15, 0.2) is 0 Å². The number of halogens is 8. The summed E-state index contributed by atoms with van der Waals surface area (Å²) in [5.41, 5.74) is 0. The van der Waals surface area contributed by atoms with Crippen LogP contribution in [0.5, 0.6) is 0 Å². The average Bonchev–Trinajstić information content (AvgIpc) is 1.81. The predicted molar refractivity (Wildman–Crippen MR) is 35.7 cm³/mol. The van der Waals surface area contributed by atoms with Crippen LogP contribution in [-0.4, -0.2) is 33.0 Å². The fraction of sp³-hybridized carbons (Fsp3) is 1.00. The molecule has 0 rings (SSSR count). The van der Waals surface area contributed by atoms with E-state index in [1.807, 2.05) is 0 Å². The summed E-state index contributed by atoms with van der Waals surface area (Å²) in [6.07, 6.45) is -11.7. The Morgan fingerprint density at radius 2 is 1.00 bits per heavy atom. The van der Waals surface area contributed by atoms with E-state index in [9.17, 15) is 30.7 Å². The molecule has 0 aromatic carbocycles. The zero-order valence-electron chi connectivity index (χ0n) is 4.93. The average molecular weight is 424 g/mol. The minimum atomic E-state index is -5.85. The van der Waals surface area contributed by atoms with E-state index < -0.39 is 33.0 Å². The van der Waals surface area contributed by atoms with Crippen LogP contribution in [0.15, 0.2) is 0 Å². The van der Waals surface area contributed by atoms with E-state index in [1.165, 1.54) is 0 Å². The summed E-state index contributed by atoms with van der Waals surface area (Å²) in [4.78, 5) is 0. The summed E-state index contributed by atoms with van der Waals surface area (Å²) in [5.74, 6) is 0. The van der Waals surface area contributed by atoms with Gasteiger partial charge in [0.1, 0.15) is 0 Å². The molecule has 0 spiro atoms. The van der Waals surface area contributed by atoms with E-state index in [2.05, 4.69) is 0 Å². The van der Waals surface area contributed by atoms with Gasteiger partial charge in [0, 0.05) is 0 Å². The molecule has 0 aromatic heterocycles. The molecule has 0 N–H and O–H groups in total. The monoisotopic (exact) mass is 426 g/mol. The minimum absolute atomic E-state index is 0.832. The molecule has 0 amide bonds. The molecule has 0 radical (unpaired) electrons. The molecule has 9 heteroatoms. The van der Waals surface area contributed by atoms with Gasteiger partial charge in [0.2, 0.25) is 0 Å². The molecule has 0 saturated heterocycles. The molecule has 0 saturated carbocycles. The Balaban J connectivity index is 4.95. The van der Waals surface area contributed by atoms with Crippen molar-refractivity contribution in [1.82, 2.24) is 0 Å². The molecular formula is C3F7ITe. The Labute approximate surface area is 82.2 Å². The molecule has 0 aliphatic rings. The Morgan fingerprint density at radius 1 is 0.750 bits per heavy atom. The molecule has 0 aliphatic carbocycles. The van der Waals surface area contributed by atoms with Gasteiger partial charge in [-0.3, -0.25) is 0 Å². The summed E-state index contributed by atoms with van der Waals surface area (Å²) in [6.45, 7) is 0. The third kappa shape index (κ3) is 2.29. The van der Waals surface area contributed by atoms with Crippen molar-refractivity contribution in [3.05, 3.63) is 0 Å². The van der Waals surface area contributed by atoms with Crippen molar-refractivity contribution in [2.45, 2.75) is 16.1 Å². The van der Waals surface area contributed by atoms with E-state index in [1.54, 1.807) is 0 Å². The Hall–Kier alpha value is 1.03. The van der Waals surface area contributed by atoms with Gasteiger partial charge < -0.3 is 0 Å². The fourth-order valence-corrected chi connectivity index (χ4v) is 4.10. The van der Waals surface area contributed by atoms with Crippen molar-refractivity contribution in [3.63, 3.8) is 0 Å². The summed E-state index contributed by atoms with van der Waals surface area (Å²) in [6, 6.07) is 0. The van der Waals surface area contributed by atoms with Crippen LogP contribution < -0.4 is 0 Å². The van der Waals surface area contributed by atoms with Crippen LogP contribution in [0.25, 0.3) is 0 Å². The molecule has 0 heterocycles. The Kier molecular flexibility index (Phi) is 3.96. The van der Waals surface area contributed by atoms with Crippen LogP contribution in [0.4, 0.5) is 30.7 Å². The van der Waals surface area contributed by atoms with Gasteiger partial charge in [-0.15, -0.1) is 0 Å². The van der Waals surface area contributed by atoms with Crippen LogP contribution >= 0.6 is 18.7 Å². The summed E-state index contributed by atoms with van der Waals surface area (Å²) in [5, 5.41) is 0. The first kappa shape index (κ1) is 13.0. The first-order chi connectivity index (χ1) is 5.06. The Bertz CT molecular complexity index is 145. The summed E-state index contributed by atoms with van der Waals surface area (Å²) in [7, 11) is 0. The van der Waals surface area contributed by atoms with Crippen LogP contribution in [0, 0.1) is 0 Å². The third-order valence-corrected chi connectivity index (χ3v) is 6.83. The molecule has 0 atom stereocenters. The molecule has 0 unspecified atom stereocenters. The van der Waals surface area contributed by atoms with Gasteiger partial charge in [0.05, 0.1) is 0 Å². The summed E-state index contributed by atoms with van der Waals surface area (Å²) < 4.78 is 76.6. The second-order valence-corrected chi connectivity index (χ2v) is 6.67. The van der Waals surface area contributed by atoms with E-state index in [0.29, 0.717) is 0 Å². The molecule has 0 bridgehead atoms. The second-order valence-electron chi connectivity index (χ2n) is 1.67. The predicted octanol–water partition coefficient (Wildman–Crippen LogP) is 2.83. The van der Waals surface area contributed by atoms with Crippen molar-refractivity contribution >= 4 is 35.7 Å². The first-order valence-corrected chi connectivity index (χ1v) is 10.1. The molecule has 0 aliphatic heterocycles. The fourth-order valence-electron chi connectivity index (χ4n) is 0.248. The zero-order valence-corrected chi connectivity index (χ0v) is 9.42. The van der Waals surface area contributed by atoms with Gasteiger partial charge in [-0.05, 0) is 0 Å². The molecule has 0 aromatic rings. The molecule has 12 heavy (non-hydrogen) atoms. The van der Waals surface area contributed by atoms with Crippen molar-refractivity contribution < 1.29 is 30.7 Å². The quantitative estimate of drug-likeness (QED) is 0.346. The van der Waals surface area contributed by atoms with Crippen molar-refractivity contribution in [1.29, 1.82) is 0 Å². The molecule has 74 valence electrons. The second kappa shape index (κ2) is 3.65. The van der Waals surface area contributed by atoms with E-state index in [0.717, 1.165) is 18.7 Å². The van der Waals surface area contributed by atoms with E-state index in [4.69, 9.17) is 0 Å².